The van der Waals surface area contributed by atoms with E-state index in [4.69, 9.17) is 0 Å². The first-order chi connectivity index (χ1) is 17.2. The summed E-state index contributed by atoms with van der Waals surface area (Å²) >= 11 is 0. The zero-order valence-corrected chi connectivity index (χ0v) is 19.2. The molecule has 174 valence electrons. The van der Waals surface area contributed by atoms with Gasteiger partial charge in [-0.05, 0) is 41.7 Å². The number of piperidine rings is 1. The van der Waals surface area contributed by atoms with E-state index in [1.54, 1.807) is 17.0 Å². The van der Waals surface area contributed by atoms with Gasteiger partial charge in [-0.2, -0.15) is 0 Å². The largest absolute Gasteiger partial charge is 0.355 e. The van der Waals surface area contributed by atoms with Gasteiger partial charge in [0.1, 0.15) is 6.33 Å². The number of benzene rings is 2. The molecule has 1 spiro atoms. The number of nitrogens with one attached hydrogen (secondary N) is 1. The van der Waals surface area contributed by atoms with E-state index in [0.717, 1.165) is 37.3 Å². The summed E-state index contributed by atoms with van der Waals surface area (Å²) in [7, 11) is 0. The Bertz CT molecular complexity index is 1370. The van der Waals surface area contributed by atoms with E-state index in [-0.39, 0.29) is 17.0 Å². The maximum absolute atomic E-state index is 12.8. The Balaban J connectivity index is 1.10. The summed E-state index contributed by atoms with van der Waals surface area (Å²) in [6.45, 7) is 2.34. The first-order valence-corrected chi connectivity index (χ1v) is 11.8. The lowest BCUT2D eigenvalue weighted by atomic mass is 9.74. The molecule has 1 aliphatic carbocycles. The molecule has 3 heterocycles. The van der Waals surface area contributed by atoms with Gasteiger partial charge in [-0.25, -0.2) is 0 Å². The van der Waals surface area contributed by atoms with Gasteiger partial charge in [-0.3, -0.25) is 14.7 Å². The predicted molar refractivity (Wildman–Crippen MR) is 134 cm³/mol. The number of amides is 1. The molecule has 0 radical (unpaired) electrons. The van der Waals surface area contributed by atoms with Crippen LogP contribution >= 0.6 is 0 Å². The monoisotopic (exact) mass is 463 g/mol. The van der Waals surface area contributed by atoms with Crippen molar-refractivity contribution in [2.45, 2.75) is 24.8 Å². The number of carbonyl (C=O) groups is 1. The Labute approximate surface area is 203 Å². The van der Waals surface area contributed by atoms with Crippen LogP contribution in [-0.4, -0.2) is 44.0 Å². The number of rotatable bonds is 5. The molecule has 1 saturated heterocycles. The Morgan fingerprint density at radius 3 is 2.51 bits per heavy atom. The van der Waals surface area contributed by atoms with Crippen molar-refractivity contribution in [2.24, 2.45) is 0 Å². The molecule has 1 amide bonds. The Morgan fingerprint density at radius 1 is 0.914 bits per heavy atom. The maximum Gasteiger partial charge on any atom is 0.278 e. The van der Waals surface area contributed by atoms with E-state index < -0.39 is 0 Å². The van der Waals surface area contributed by atoms with Crippen LogP contribution in [0.15, 0.2) is 79.1 Å². The molecule has 1 aliphatic heterocycles. The van der Waals surface area contributed by atoms with Crippen LogP contribution in [0.3, 0.4) is 0 Å². The lowest BCUT2D eigenvalue weighted by molar-refractivity contribution is 0.102. The fourth-order valence-electron chi connectivity index (χ4n) is 5.03. The molecule has 2 aliphatic rings. The molecule has 35 heavy (non-hydrogen) atoms. The number of carbonyl (C=O) groups excluding carboxylic acids is 1. The van der Waals surface area contributed by atoms with E-state index in [9.17, 15) is 4.79 Å². The number of hydrogen-bond acceptors (Lipinski definition) is 6. The third-order valence-electron chi connectivity index (χ3n) is 6.98. The molecule has 0 unspecified atom stereocenters. The smallest absolute Gasteiger partial charge is 0.278 e. The number of hydrogen-bond donors (Lipinski definition) is 1. The summed E-state index contributed by atoms with van der Waals surface area (Å²) in [6.07, 6.45) is 8.27. The highest BCUT2D eigenvalue weighted by atomic mass is 16.2. The fourth-order valence-corrected chi connectivity index (χ4v) is 5.03. The molecule has 8 heteroatoms. The number of allylic oxidation sites excluding steroid dienone is 1. The molecule has 8 nitrogen and oxygen atoms in total. The summed E-state index contributed by atoms with van der Waals surface area (Å²) in [5, 5.41) is 19.3. The lowest BCUT2D eigenvalue weighted by Crippen LogP contribution is -2.41. The highest BCUT2D eigenvalue weighted by Gasteiger charge is 2.38. The van der Waals surface area contributed by atoms with Gasteiger partial charge in [0, 0.05) is 18.5 Å². The van der Waals surface area contributed by atoms with Gasteiger partial charge in [0.05, 0.1) is 6.54 Å². The molecule has 2 aromatic heterocycles. The van der Waals surface area contributed by atoms with Crippen LogP contribution in [0.1, 0.15) is 40.0 Å². The summed E-state index contributed by atoms with van der Waals surface area (Å²) in [5.74, 6) is 0.798. The van der Waals surface area contributed by atoms with Gasteiger partial charge in [-0.1, -0.05) is 66.7 Å². The molecule has 0 bridgehead atoms. The fraction of sp³-hybridized carbons (Fsp3) is 0.222. The molecule has 1 N–H and O–H groups in total. The molecule has 2 aromatic carbocycles. The Morgan fingerprint density at radius 2 is 1.71 bits per heavy atom. The molecule has 0 saturated carbocycles. The van der Waals surface area contributed by atoms with E-state index in [1.807, 2.05) is 36.4 Å². The normalized spacial score (nSPS) is 15.8. The number of nitrogens with zero attached hydrogens (tertiary/aromatic N) is 6. The third kappa shape index (κ3) is 4.07. The third-order valence-corrected chi connectivity index (χ3v) is 6.98. The number of fused-ring (bicyclic) bond motifs is 2. The van der Waals surface area contributed by atoms with Crippen LogP contribution in [0, 0.1) is 0 Å². The zero-order valence-electron chi connectivity index (χ0n) is 19.2. The van der Waals surface area contributed by atoms with Crippen LogP contribution in [0.5, 0.6) is 0 Å². The zero-order chi connectivity index (χ0) is 23.7. The van der Waals surface area contributed by atoms with Crippen molar-refractivity contribution in [1.29, 1.82) is 0 Å². The SMILES string of the molecule is O=C(Nc1nncn1Cc1ccccc1)c1ccc(N2CCC3(C=Cc4ccccc43)CC2)nn1. The van der Waals surface area contributed by atoms with E-state index >= 15 is 0 Å². The van der Waals surface area contributed by atoms with Gasteiger partial charge >= 0.3 is 0 Å². The minimum Gasteiger partial charge on any atom is -0.355 e. The number of anilines is 2. The lowest BCUT2D eigenvalue weighted by Gasteiger charge is -2.39. The molecule has 0 atom stereocenters. The molecule has 1 fully saturated rings. The average Bonchev–Trinajstić information content (AvgIpc) is 3.50. The Hall–Kier alpha value is -4.33. The van der Waals surface area contributed by atoms with Crippen molar-refractivity contribution in [3.8, 4) is 0 Å². The molecule has 4 aromatic rings. The second-order valence-electron chi connectivity index (χ2n) is 9.06. The van der Waals surface area contributed by atoms with Gasteiger partial charge in [0.2, 0.25) is 5.95 Å². The molecule has 6 rings (SSSR count). The topological polar surface area (TPSA) is 88.8 Å². The minimum atomic E-state index is -0.364. The summed E-state index contributed by atoms with van der Waals surface area (Å²) < 4.78 is 1.79. The second kappa shape index (κ2) is 8.79. The van der Waals surface area contributed by atoms with Crippen molar-refractivity contribution < 1.29 is 4.79 Å². The summed E-state index contributed by atoms with van der Waals surface area (Å²) in [4.78, 5) is 15.0. The quantitative estimate of drug-likeness (QED) is 0.482. The van der Waals surface area contributed by atoms with Gasteiger partial charge < -0.3 is 4.90 Å². The summed E-state index contributed by atoms with van der Waals surface area (Å²) in [6, 6.07) is 22.2. The van der Waals surface area contributed by atoms with Gasteiger partial charge in [0.25, 0.3) is 5.91 Å². The highest BCUT2D eigenvalue weighted by Crippen LogP contribution is 2.44. The van der Waals surface area contributed by atoms with Crippen molar-refractivity contribution >= 4 is 23.7 Å². The van der Waals surface area contributed by atoms with Crippen LogP contribution in [0.4, 0.5) is 11.8 Å². The van der Waals surface area contributed by atoms with Crippen LogP contribution in [-0.2, 0) is 12.0 Å². The van der Waals surface area contributed by atoms with Crippen LogP contribution < -0.4 is 10.2 Å². The second-order valence-corrected chi connectivity index (χ2v) is 9.06. The minimum absolute atomic E-state index is 0.121. The Kier molecular flexibility index (Phi) is 5.33. The van der Waals surface area contributed by atoms with Gasteiger partial charge in [0.15, 0.2) is 11.5 Å². The predicted octanol–water partition coefficient (Wildman–Crippen LogP) is 3.93. The standard InChI is InChI=1S/C27H25N7O/c35-25(29-26-32-28-19-34(26)18-20-6-2-1-3-7-20)23-10-11-24(31-30-23)33-16-14-27(15-17-33)13-12-21-8-4-5-9-22(21)27/h1-13,19H,14-18H2,(H,29,32,35). The molecular weight excluding hydrogens is 438 g/mol. The first-order valence-electron chi connectivity index (χ1n) is 11.8. The number of aromatic nitrogens is 5. The van der Waals surface area contributed by atoms with Crippen molar-refractivity contribution in [1.82, 2.24) is 25.0 Å². The van der Waals surface area contributed by atoms with E-state index in [1.165, 1.54) is 11.1 Å². The van der Waals surface area contributed by atoms with E-state index in [0.29, 0.717) is 12.5 Å². The average molecular weight is 464 g/mol. The van der Waals surface area contributed by atoms with Crippen molar-refractivity contribution in [3.05, 3.63) is 102 Å². The van der Waals surface area contributed by atoms with Crippen LogP contribution in [0.2, 0.25) is 0 Å². The first kappa shape index (κ1) is 21.2. The summed E-state index contributed by atoms with van der Waals surface area (Å²) in [5.41, 5.74) is 4.21. The van der Waals surface area contributed by atoms with Gasteiger partial charge in [-0.15, -0.1) is 20.4 Å². The maximum atomic E-state index is 12.8. The molecular formula is C27H25N7O. The van der Waals surface area contributed by atoms with Crippen molar-refractivity contribution in [3.63, 3.8) is 0 Å². The highest BCUT2D eigenvalue weighted by molar-refractivity contribution is 6.01. The van der Waals surface area contributed by atoms with E-state index in [2.05, 4.69) is 67.0 Å². The van der Waals surface area contributed by atoms with Crippen LogP contribution in [0.25, 0.3) is 6.08 Å². The van der Waals surface area contributed by atoms with Crippen molar-refractivity contribution in [2.75, 3.05) is 23.3 Å².